The summed E-state index contributed by atoms with van der Waals surface area (Å²) in [5, 5.41) is 3.00. The third-order valence-corrected chi connectivity index (χ3v) is 7.55. The molecule has 0 radical (unpaired) electrons. The topological polar surface area (TPSA) is 96.0 Å². The molecule has 0 spiro atoms. The predicted molar refractivity (Wildman–Crippen MR) is 148 cm³/mol. The number of ether oxygens (including phenoxy) is 1. The third kappa shape index (κ3) is 8.77. The third-order valence-electron chi connectivity index (χ3n) is 6.37. The normalized spacial score (nSPS) is 12.9. The van der Waals surface area contributed by atoms with E-state index in [4.69, 9.17) is 4.74 Å². The molecule has 1 N–H and O–H groups in total. The second kappa shape index (κ2) is 14.0. The zero-order chi connectivity index (χ0) is 27.6. The van der Waals surface area contributed by atoms with Crippen molar-refractivity contribution in [3.63, 3.8) is 0 Å². The number of nitrogens with zero attached hydrogens (tertiary/aromatic N) is 2. The van der Waals surface area contributed by atoms with Crippen LogP contribution in [0.3, 0.4) is 0 Å². The minimum Gasteiger partial charge on any atom is -0.495 e. The summed E-state index contributed by atoms with van der Waals surface area (Å²) < 4.78 is 31.8. The maximum atomic E-state index is 13.5. The van der Waals surface area contributed by atoms with Gasteiger partial charge >= 0.3 is 0 Å². The molecule has 0 saturated heterocycles. The van der Waals surface area contributed by atoms with Crippen LogP contribution in [-0.4, -0.2) is 57.1 Å². The van der Waals surface area contributed by atoms with Gasteiger partial charge in [0.25, 0.3) is 0 Å². The lowest BCUT2D eigenvalue weighted by molar-refractivity contribution is -0.141. The van der Waals surface area contributed by atoms with Gasteiger partial charge in [-0.1, -0.05) is 55.8 Å². The fourth-order valence-corrected chi connectivity index (χ4v) is 5.04. The van der Waals surface area contributed by atoms with Crippen LogP contribution in [0.4, 0.5) is 5.69 Å². The molecule has 2 aromatic carbocycles. The van der Waals surface area contributed by atoms with Crippen molar-refractivity contribution >= 4 is 27.5 Å². The number of sulfonamides is 1. The van der Waals surface area contributed by atoms with Gasteiger partial charge in [-0.25, -0.2) is 8.42 Å². The van der Waals surface area contributed by atoms with E-state index in [1.807, 2.05) is 52.0 Å². The van der Waals surface area contributed by atoms with Crippen LogP contribution in [0.25, 0.3) is 0 Å². The smallest absolute Gasteiger partial charge is 0.243 e. The Balaban J connectivity index is 2.24. The zero-order valence-corrected chi connectivity index (χ0v) is 23.7. The molecular weight excluding hydrogens is 490 g/mol. The van der Waals surface area contributed by atoms with Gasteiger partial charge in [-0.05, 0) is 50.8 Å². The fraction of sp³-hybridized carbons (Fsp3) is 0.500. The first-order valence-corrected chi connectivity index (χ1v) is 14.6. The van der Waals surface area contributed by atoms with Gasteiger partial charge in [0.15, 0.2) is 0 Å². The first kappa shape index (κ1) is 30.2. The molecule has 9 heteroatoms. The number of amides is 2. The number of carbonyl (C=O) groups excluding carboxylic acids is 2. The Hall–Kier alpha value is -3.07. The predicted octanol–water partition coefficient (Wildman–Crippen LogP) is 4.27. The number of carbonyl (C=O) groups is 2. The van der Waals surface area contributed by atoms with E-state index in [1.165, 1.54) is 11.4 Å². The van der Waals surface area contributed by atoms with Gasteiger partial charge in [-0.2, -0.15) is 0 Å². The summed E-state index contributed by atoms with van der Waals surface area (Å²) in [6.07, 6.45) is 2.78. The minimum absolute atomic E-state index is 0.00190. The van der Waals surface area contributed by atoms with Crippen molar-refractivity contribution in [3.05, 3.63) is 59.7 Å². The second-order valence-electron chi connectivity index (χ2n) is 9.36. The van der Waals surface area contributed by atoms with E-state index < -0.39 is 16.1 Å². The highest BCUT2D eigenvalue weighted by Gasteiger charge is 2.29. The summed E-state index contributed by atoms with van der Waals surface area (Å²) in [5.74, 6) is 0.0670. The van der Waals surface area contributed by atoms with Gasteiger partial charge in [-0.3, -0.25) is 13.9 Å². The Morgan fingerprint density at radius 3 is 2.24 bits per heavy atom. The Morgan fingerprint density at radius 1 is 1.03 bits per heavy atom. The van der Waals surface area contributed by atoms with Crippen molar-refractivity contribution in [2.45, 2.75) is 72.0 Å². The molecule has 0 aliphatic heterocycles. The largest absolute Gasteiger partial charge is 0.495 e. The van der Waals surface area contributed by atoms with Crippen LogP contribution in [0.1, 0.15) is 57.6 Å². The van der Waals surface area contributed by atoms with Crippen LogP contribution in [0.15, 0.2) is 48.5 Å². The van der Waals surface area contributed by atoms with Crippen molar-refractivity contribution in [2.75, 3.05) is 24.2 Å². The molecule has 2 rings (SSSR count). The van der Waals surface area contributed by atoms with Gasteiger partial charge in [-0.15, -0.1) is 0 Å². The highest BCUT2D eigenvalue weighted by molar-refractivity contribution is 7.92. The molecule has 0 unspecified atom stereocenters. The fourth-order valence-electron chi connectivity index (χ4n) is 4.07. The van der Waals surface area contributed by atoms with Gasteiger partial charge in [0.2, 0.25) is 21.8 Å². The Morgan fingerprint density at radius 2 is 1.68 bits per heavy atom. The lowest BCUT2D eigenvalue weighted by Crippen LogP contribution is -2.50. The quantitative estimate of drug-likeness (QED) is 0.393. The summed E-state index contributed by atoms with van der Waals surface area (Å²) in [6, 6.07) is 14.2. The number of nitrogens with one attached hydrogen (secondary N) is 1. The monoisotopic (exact) mass is 531 g/mol. The van der Waals surface area contributed by atoms with Crippen LogP contribution in [0.2, 0.25) is 0 Å². The molecule has 0 aliphatic rings. The number of hydrogen-bond donors (Lipinski definition) is 1. The van der Waals surface area contributed by atoms with Gasteiger partial charge < -0.3 is 15.0 Å². The number of benzene rings is 2. The van der Waals surface area contributed by atoms with E-state index in [-0.39, 0.29) is 37.2 Å². The van der Waals surface area contributed by atoms with Crippen LogP contribution in [0.5, 0.6) is 5.75 Å². The van der Waals surface area contributed by atoms with E-state index in [0.29, 0.717) is 24.4 Å². The minimum atomic E-state index is -3.61. The molecule has 2 aromatic rings. The number of aryl methyl sites for hydroxylation is 1. The van der Waals surface area contributed by atoms with Gasteiger partial charge in [0.05, 0.1) is 19.1 Å². The highest BCUT2D eigenvalue weighted by atomic mass is 32.2. The number of rotatable bonds is 14. The maximum absolute atomic E-state index is 13.5. The summed E-state index contributed by atoms with van der Waals surface area (Å²) in [6.45, 7) is 8.23. The number of hydrogen-bond acceptors (Lipinski definition) is 5. The summed E-state index contributed by atoms with van der Waals surface area (Å²) >= 11 is 0. The lowest BCUT2D eigenvalue weighted by Gasteiger charge is -2.32. The van der Waals surface area contributed by atoms with Crippen molar-refractivity contribution < 1.29 is 22.7 Å². The lowest BCUT2D eigenvalue weighted by atomic mass is 10.1. The molecule has 2 atom stereocenters. The summed E-state index contributed by atoms with van der Waals surface area (Å²) in [4.78, 5) is 28.2. The van der Waals surface area contributed by atoms with E-state index in [2.05, 4.69) is 5.32 Å². The molecule has 37 heavy (non-hydrogen) atoms. The van der Waals surface area contributed by atoms with Gasteiger partial charge in [0.1, 0.15) is 11.8 Å². The SMILES string of the molecule is CC[C@H](C(=O)N[C@@H](C)CC)N(Cc1ccc(C)cc1)C(=O)CCCN(c1ccccc1OC)S(C)(=O)=O. The second-order valence-corrected chi connectivity index (χ2v) is 11.3. The average molecular weight is 532 g/mol. The van der Waals surface area contributed by atoms with Crippen molar-refractivity contribution in [1.82, 2.24) is 10.2 Å². The van der Waals surface area contributed by atoms with Crippen LogP contribution >= 0.6 is 0 Å². The molecule has 8 nitrogen and oxygen atoms in total. The summed E-state index contributed by atoms with van der Waals surface area (Å²) in [7, 11) is -2.12. The molecule has 0 aliphatic carbocycles. The molecular formula is C28H41N3O5S. The molecule has 0 fully saturated rings. The van der Waals surface area contributed by atoms with E-state index >= 15 is 0 Å². The number of methoxy groups -OCH3 is 1. The van der Waals surface area contributed by atoms with Crippen molar-refractivity contribution in [1.29, 1.82) is 0 Å². The first-order chi connectivity index (χ1) is 17.5. The molecule has 0 heterocycles. The van der Waals surface area contributed by atoms with E-state index in [0.717, 1.165) is 23.8 Å². The Bertz CT molecular complexity index is 1130. The van der Waals surface area contributed by atoms with Crippen molar-refractivity contribution in [2.24, 2.45) is 0 Å². The van der Waals surface area contributed by atoms with Gasteiger partial charge in [0, 0.05) is 25.6 Å². The first-order valence-electron chi connectivity index (χ1n) is 12.8. The van der Waals surface area contributed by atoms with E-state index in [9.17, 15) is 18.0 Å². The summed E-state index contributed by atoms with van der Waals surface area (Å²) in [5.41, 5.74) is 2.47. The van der Waals surface area contributed by atoms with E-state index in [1.54, 1.807) is 29.2 Å². The number of para-hydroxylation sites is 2. The number of anilines is 1. The van der Waals surface area contributed by atoms with Crippen LogP contribution < -0.4 is 14.4 Å². The molecule has 0 bridgehead atoms. The molecule has 0 saturated carbocycles. The Labute approximate surface area is 222 Å². The molecule has 0 aromatic heterocycles. The van der Waals surface area contributed by atoms with Crippen LogP contribution in [0, 0.1) is 6.92 Å². The molecule has 2 amide bonds. The standard InChI is InChI=1S/C28H41N3O5S/c1-7-22(4)29-28(33)24(8-2)30(20-23-17-15-21(3)16-18-23)27(32)14-11-19-31(37(6,34)35)25-12-9-10-13-26(25)36-5/h9-10,12-13,15-18,22,24H,7-8,11,14,19-20H2,1-6H3,(H,29,33)/t22-,24+/m0/s1. The maximum Gasteiger partial charge on any atom is 0.243 e. The Kier molecular flexibility index (Phi) is 11.4. The van der Waals surface area contributed by atoms with Crippen LogP contribution in [-0.2, 0) is 26.2 Å². The average Bonchev–Trinajstić information content (AvgIpc) is 2.86. The molecule has 204 valence electrons. The highest BCUT2D eigenvalue weighted by Crippen LogP contribution is 2.29. The van der Waals surface area contributed by atoms with Crippen molar-refractivity contribution in [3.8, 4) is 5.75 Å². The zero-order valence-electron chi connectivity index (χ0n) is 22.9.